The minimum absolute atomic E-state index is 0.535. The quantitative estimate of drug-likeness (QED) is 0.109. The minimum Gasteiger partial charge on any atom is -0.151 e. The number of hydrogen-bond donors (Lipinski definition) is 0. The molecule has 174 valence electrons. The number of hydrogen-bond acceptors (Lipinski definition) is 2. The first-order valence-electron chi connectivity index (χ1n) is 13.6. The van der Waals surface area contributed by atoms with Gasteiger partial charge in [0.1, 0.15) is 0 Å². The molecule has 0 fully saturated rings. The van der Waals surface area contributed by atoms with Gasteiger partial charge in [-0.25, -0.2) is 0 Å². The fourth-order valence-corrected chi connectivity index (χ4v) is 4.53. The molecule has 0 N–H and O–H groups in total. The standard InChI is InChI=1S/C27H55NO/c1-3-5-6-7-8-9-10-11-12-13-14-15-16-17-18-19-20-21-22-23-25-27(24-4-2)26-28-29/h27H,3-26H2,1-2H3. The fourth-order valence-electron chi connectivity index (χ4n) is 4.53. The van der Waals surface area contributed by atoms with Crippen LogP contribution in [0.1, 0.15) is 162 Å². The maximum Gasteiger partial charge on any atom is 0.0839 e. The average molecular weight is 410 g/mol. The van der Waals surface area contributed by atoms with Crippen LogP contribution in [0, 0.1) is 10.8 Å². The Labute approximate surface area is 184 Å². The molecule has 1 atom stereocenters. The van der Waals surface area contributed by atoms with E-state index < -0.39 is 0 Å². The molecular weight excluding hydrogens is 354 g/mol. The van der Waals surface area contributed by atoms with Gasteiger partial charge in [0.25, 0.3) is 0 Å². The Bertz CT molecular complexity index is 305. The van der Waals surface area contributed by atoms with Gasteiger partial charge in [-0.3, -0.25) is 0 Å². The average Bonchev–Trinajstić information content (AvgIpc) is 2.72. The summed E-state index contributed by atoms with van der Waals surface area (Å²) in [5.41, 5.74) is 0. The Hall–Kier alpha value is -0.400. The lowest BCUT2D eigenvalue weighted by molar-refractivity contribution is 0.426. The van der Waals surface area contributed by atoms with Crippen molar-refractivity contribution >= 4 is 0 Å². The van der Waals surface area contributed by atoms with E-state index in [-0.39, 0.29) is 0 Å². The molecule has 0 rings (SSSR count). The molecule has 29 heavy (non-hydrogen) atoms. The van der Waals surface area contributed by atoms with Crippen LogP contribution in [0.15, 0.2) is 5.18 Å². The highest BCUT2D eigenvalue weighted by molar-refractivity contribution is 4.62. The van der Waals surface area contributed by atoms with Crippen molar-refractivity contribution in [1.29, 1.82) is 0 Å². The maximum absolute atomic E-state index is 10.4. The second kappa shape index (κ2) is 25.6. The van der Waals surface area contributed by atoms with Crippen molar-refractivity contribution in [3.8, 4) is 0 Å². The molecule has 1 unspecified atom stereocenters. The van der Waals surface area contributed by atoms with Crippen LogP contribution in [-0.4, -0.2) is 6.54 Å². The van der Waals surface area contributed by atoms with Crippen molar-refractivity contribution in [1.82, 2.24) is 0 Å². The fraction of sp³-hybridized carbons (Fsp3) is 1.00. The van der Waals surface area contributed by atoms with Crippen LogP contribution in [-0.2, 0) is 0 Å². The summed E-state index contributed by atoms with van der Waals surface area (Å²) in [6.07, 6.45) is 32.2. The van der Waals surface area contributed by atoms with E-state index in [1.54, 1.807) is 0 Å². The molecule has 0 saturated heterocycles. The van der Waals surface area contributed by atoms with Gasteiger partial charge in [-0.1, -0.05) is 154 Å². The third-order valence-corrected chi connectivity index (χ3v) is 6.50. The topological polar surface area (TPSA) is 29.4 Å². The Morgan fingerprint density at radius 2 is 0.793 bits per heavy atom. The molecule has 0 heterocycles. The molecule has 0 aromatic rings. The third kappa shape index (κ3) is 23.7. The smallest absolute Gasteiger partial charge is 0.0839 e. The van der Waals surface area contributed by atoms with Crippen molar-refractivity contribution in [3.63, 3.8) is 0 Å². The normalized spacial score (nSPS) is 12.3. The van der Waals surface area contributed by atoms with Crippen LogP contribution in [0.5, 0.6) is 0 Å². The summed E-state index contributed by atoms with van der Waals surface area (Å²) < 4.78 is 0. The first kappa shape index (κ1) is 28.6. The lowest BCUT2D eigenvalue weighted by atomic mass is 9.96. The van der Waals surface area contributed by atoms with Gasteiger partial charge in [0.15, 0.2) is 0 Å². The van der Waals surface area contributed by atoms with Crippen LogP contribution in [0.2, 0.25) is 0 Å². The Balaban J connectivity index is 3.12. The lowest BCUT2D eigenvalue weighted by Crippen LogP contribution is -2.03. The zero-order chi connectivity index (χ0) is 21.3. The van der Waals surface area contributed by atoms with E-state index in [0.29, 0.717) is 12.5 Å². The van der Waals surface area contributed by atoms with Gasteiger partial charge in [0, 0.05) is 0 Å². The van der Waals surface area contributed by atoms with Gasteiger partial charge in [-0.15, -0.1) is 0 Å². The van der Waals surface area contributed by atoms with Gasteiger partial charge in [-0.2, -0.15) is 4.91 Å². The number of nitroso groups, excluding NO2 is 1. The van der Waals surface area contributed by atoms with Crippen LogP contribution < -0.4 is 0 Å². The van der Waals surface area contributed by atoms with E-state index in [0.717, 1.165) is 0 Å². The van der Waals surface area contributed by atoms with E-state index in [2.05, 4.69) is 19.0 Å². The first-order chi connectivity index (χ1) is 14.3. The zero-order valence-corrected chi connectivity index (χ0v) is 20.4. The van der Waals surface area contributed by atoms with Gasteiger partial charge < -0.3 is 0 Å². The number of unbranched alkanes of at least 4 members (excludes halogenated alkanes) is 19. The summed E-state index contributed by atoms with van der Waals surface area (Å²) in [6.45, 7) is 5.03. The van der Waals surface area contributed by atoms with Crippen LogP contribution in [0.25, 0.3) is 0 Å². The Morgan fingerprint density at radius 3 is 1.10 bits per heavy atom. The largest absolute Gasteiger partial charge is 0.151 e. The molecule has 0 aliphatic carbocycles. The summed E-state index contributed by atoms with van der Waals surface area (Å²) in [6, 6.07) is 0. The monoisotopic (exact) mass is 409 g/mol. The maximum atomic E-state index is 10.4. The SMILES string of the molecule is CCCCCCCCCCCCCCCCCCCCCCC(CCC)CN=O. The molecule has 0 amide bonds. The number of rotatable bonds is 25. The highest BCUT2D eigenvalue weighted by Gasteiger charge is 2.07. The van der Waals surface area contributed by atoms with E-state index in [4.69, 9.17) is 0 Å². The molecule has 0 aliphatic heterocycles. The molecule has 0 aliphatic rings. The molecule has 0 aromatic carbocycles. The second-order valence-electron chi connectivity index (χ2n) is 9.47. The van der Waals surface area contributed by atoms with Gasteiger partial charge in [0.05, 0.1) is 6.54 Å². The molecule has 2 heteroatoms. The van der Waals surface area contributed by atoms with E-state index in [1.807, 2.05) is 0 Å². The summed E-state index contributed by atoms with van der Waals surface area (Å²) in [5.74, 6) is 0.549. The molecule has 0 spiro atoms. The number of nitrogens with zero attached hydrogens (tertiary/aromatic N) is 1. The highest BCUT2D eigenvalue weighted by atomic mass is 16.3. The van der Waals surface area contributed by atoms with Crippen LogP contribution in [0.4, 0.5) is 0 Å². The van der Waals surface area contributed by atoms with Crippen molar-refractivity contribution < 1.29 is 0 Å². The van der Waals surface area contributed by atoms with Crippen molar-refractivity contribution in [3.05, 3.63) is 4.91 Å². The Kier molecular flexibility index (Phi) is 25.3. The second-order valence-corrected chi connectivity index (χ2v) is 9.47. The van der Waals surface area contributed by atoms with Crippen LogP contribution >= 0.6 is 0 Å². The van der Waals surface area contributed by atoms with Gasteiger partial charge >= 0.3 is 0 Å². The molecule has 0 bridgehead atoms. The van der Waals surface area contributed by atoms with Gasteiger partial charge in [-0.05, 0) is 18.8 Å². The Morgan fingerprint density at radius 1 is 0.448 bits per heavy atom. The van der Waals surface area contributed by atoms with Crippen molar-refractivity contribution in [2.45, 2.75) is 162 Å². The lowest BCUT2D eigenvalue weighted by Gasteiger charge is -2.11. The molecular formula is C27H55NO. The van der Waals surface area contributed by atoms with E-state index in [1.165, 1.54) is 148 Å². The van der Waals surface area contributed by atoms with E-state index >= 15 is 0 Å². The summed E-state index contributed by atoms with van der Waals surface area (Å²) in [4.78, 5) is 10.4. The van der Waals surface area contributed by atoms with Gasteiger partial charge in [0.2, 0.25) is 0 Å². The van der Waals surface area contributed by atoms with Crippen molar-refractivity contribution in [2.75, 3.05) is 6.54 Å². The summed E-state index contributed by atoms with van der Waals surface area (Å²) >= 11 is 0. The predicted molar refractivity (Wildman–Crippen MR) is 132 cm³/mol. The summed E-state index contributed by atoms with van der Waals surface area (Å²) in [5, 5.41) is 3.11. The molecule has 0 radical (unpaired) electrons. The molecule has 0 aromatic heterocycles. The minimum atomic E-state index is 0.535. The van der Waals surface area contributed by atoms with Crippen molar-refractivity contribution in [2.24, 2.45) is 11.1 Å². The summed E-state index contributed by atoms with van der Waals surface area (Å²) in [7, 11) is 0. The highest BCUT2D eigenvalue weighted by Crippen LogP contribution is 2.18. The molecule has 2 nitrogen and oxygen atoms in total. The first-order valence-corrected chi connectivity index (χ1v) is 13.6. The van der Waals surface area contributed by atoms with Crippen LogP contribution in [0.3, 0.4) is 0 Å². The zero-order valence-electron chi connectivity index (χ0n) is 20.4. The predicted octanol–water partition coefficient (Wildman–Crippen LogP) is 10.4. The third-order valence-electron chi connectivity index (χ3n) is 6.50. The van der Waals surface area contributed by atoms with E-state index in [9.17, 15) is 4.91 Å². The molecule has 0 saturated carbocycles.